The van der Waals surface area contributed by atoms with E-state index in [2.05, 4.69) is 42.9 Å². The summed E-state index contributed by atoms with van der Waals surface area (Å²) in [4.78, 5) is 9.63. The normalized spacial score (nSPS) is 18.7. The smallest absolute Gasteiger partial charge is 0.193 e. The van der Waals surface area contributed by atoms with E-state index < -0.39 is 0 Å². The van der Waals surface area contributed by atoms with Crippen molar-refractivity contribution in [1.29, 1.82) is 0 Å². The SMILES string of the molecule is CCCN(CCC)CCCN=C(NCC)N(C)CC1CCOC1. The molecule has 1 rings (SSSR count). The summed E-state index contributed by atoms with van der Waals surface area (Å²) in [6.07, 6.45) is 4.78. The minimum Gasteiger partial charge on any atom is -0.381 e. The first-order valence-electron chi connectivity index (χ1n) is 9.50. The molecule has 0 aromatic carbocycles. The number of aliphatic imine (C=N–C) groups is 1. The van der Waals surface area contributed by atoms with Crippen LogP contribution in [0.3, 0.4) is 0 Å². The van der Waals surface area contributed by atoms with Crippen molar-refractivity contribution in [1.82, 2.24) is 15.1 Å². The molecule has 1 heterocycles. The van der Waals surface area contributed by atoms with Crippen molar-refractivity contribution in [3.05, 3.63) is 0 Å². The van der Waals surface area contributed by atoms with Gasteiger partial charge in [-0.3, -0.25) is 4.99 Å². The Morgan fingerprint density at radius 1 is 1.17 bits per heavy atom. The van der Waals surface area contributed by atoms with Crippen LogP contribution >= 0.6 is 0 Å². The molecule has 0 bridgehead atoms. The molecule has 0 spiro atoms. The van der Waals surface area contributed by atoms with E-state index in [-0.39, 0.29) is 0 Å². The molecule has 1 aliphatic rings. The first-order chi connectivity index (χ1) is 11.2. The highest BCUT2D eigenvalue weighted by atomic mass is 16.5. The topological polar surface area (TPSA) is 40.1 Å². The summed E-state index contributed by atoms with van der Waals surface area (Å²) in [5.41, 5.74) is 0. The zero-order valence-electron chi connectivity index (χ0n) is 15.8. The van der Waals surface area contributed by atoms with Crippen molar-refractivity contribution in [3.63, 3.8) is 0 Å². The molecule has 1 atom stereocenters. The van der Waals surface area contributed by atoms with Gasteiger partial charge in [0.25, 0.3) is 0 Å². The lowest BCUT2D eigenvalue weighted by atomic mass is 10.1. The van der Waals surface area contributed by atoms with Crippen molar-refractivity contribution in [2.45, 2.75) is 46.5 Å². The Bertz CT molecular complexity index is 310. The van der Waals surface area contributed by atoms with Crippen molar-refractivity contribution in [2.75, 3.05) is 59.5 Å². The van der Waals surface area contributed by atoms with Crippen LogP contribution in [0.15, 0.2) is 4.99 Å². The Kier molecular flexibility index (Phi) is 11.1. The lowest BCUT2D eigenvalue weighted by Gasteiger charge is -2.25. The third-order valence-electron chi connectivity index (χ3n) is 4.23. The van der Waals surface area contributed by atoms with E-state index in [1.165, 1.54) is 32.4 Å². The fourth-order valence-corrected chi connectivity index (χ4v) is 3.12. The zero-order valence-corrected chi connectivity index (χ0v) is 15.8. The van der Waals surface area contributed by atoms with Crippen LogP contribution in [0.1, 0.15) is 46.5 Å². The van der Waals surface area contributed by atoms with Gasteiger partial charge in [0.1, 0.15) is 0 Å². The highest BCUT2D eigenvalue weighted by molar-refractivity contribution is 5.79. The number of hydrogen-bond acceptors (Lipinski definition) is 3. The number of guanidine groups is 1. The van der Waals surface area contributed by atoms with Gasteiger partial charge in [0.15, 0.2) is 5.96 Å². The molecule has 1 N–H and O–H groups in total. The average Bonchev–Trinajstić information content (AvgIpc) is 3.03. The third kappa shape index (κ3) is 8.56. The van der Waals surface area contributed by atoms with Gasteiger partial charge in [0, 0.05) is 39.2 Å². The summed E-state index contributed by atoms with van der Waals surface area (Å²) in [6, 6.07) is 0. The molecule has 1 unspecified atom stereocenters. The van der Waals surface area contributed by atoms with Gasteiger partial charge in [0.2, 0.25) is 0 Å². The number of nitrogens with zero attached hydrogens (tertiary/aromatic N) is 3. The molecule has 5 nitrogen and oxygen atoms in total. The standard InChI is InChI=1S/C18H38N4O/c1-5-11-22(12-6-2)13-8-10-20-18(19-7-3)21(4)15-17-9-14-23-16-17/h17H,5-16H2,1-4H3,(H,19,20). The van der Waals surface area contributed by atoms with Crippen molar-refractivity contribution < 1.29 is 4.74 Å². The monoisotopic (exact) mass is 326 g/mol. The summed E-state index contributed by atoms with van der Waals surface area (Å²) < 4.78 is 5.48. The van der Waals surface area contributed by atoms with E-state index >= 15 is 0 Å². The minimum absolute atomic E-state index is 0.647. The summed E-state index contributed by atoms with van der Waals surface area (Å²) in [6.45, 7) is 14.9. The zero-order chi connectivity index (χ0) is 16.9. The molecule has 0 aliphatic carbocycles. The Labute approximate surface area is 143 Å². The lowest BCUT2D eigenvalue weighted by molar-refractivity contribution is 0.181. The molecule has 5 heteroatoms. The van der Waals surface area contributed by atoms with Gasteiger partial charge in [0.05, 0.1) is 6.61 Å². The highest BCUT2D eigenvalue weighted by Crippen LogP contribution is 2.13. The van der Waals surface area contributed by atoms with Gasteiger partial charge in [-0.25, -0.2) is 0 Å². The van der Waals surface area contributed by atoms with E-state index in [1.54, 1.807) is 0 Å². The molecule has 0 radical (unpaired) electrons. The van der Waals surface area contributed by atoms with Gasteiger partial charge >= 0.3 is 0 Å². The minimum atomic E-state index is 0.647. The first kappa shape index (κ1) is 20.2. The van der Waals surface area contributed by atoms with Crippen LogP contribution in [0.2, 0.25) is 0 Å². The maximum absolute atomic E-state index is 5.48. The Morgan fingerprint density at radius 2 is 1.91 bits per heavy atom. The van der Waals surface area contributed by atoms with Crippen LogP contribution in [-0.4, -0.2) is 75.3 Å². The summed E-state index contributed by atoms with van der Waals surface area (Å²) in [5.74, 6) is 1.69. The molecular weight excluding hydrogens is 288 g/mol. The average molecular weight is 327 g/mol. The van der Waals surface area contributed by atoms with Crippen LogP contribution < -0.4 is 5.32 Å². The fourth-order valence-electron chi connectivity index (χ4n) is 3.12. The molecule has 23 heavy (non-hydrogen) atoms. The number of hydrogen-bond donors (Lipinski definition) is 1. The second-order valence-corrected chi connectivity index (χ2v) is 6.54. The largest absolute Gasteiger partial charge is 0.381 e. The highest BCUT2D eigenvalue weighted by Gasteiger charge is 2.18. The molecular formula is C18H38N4O. The van der Waals surface area contributed by atoms with Crippen LogP contribution in [-0.2, 0) is 4.74 Å². The predicted molar refractivity (Wildman–Crippen MR) is 99.2 cm³/mol. The summed E-state index contributed by atoms with van der Waals surface area (Å²) in [7, 11) is 2.14. The molecule has 0 amide bonds. The van der Waals surface area contributed by atoms with E-state index in [0.29, 0.717) is 5.92 Å². The first-order valence-corrected chi connectivity index (χ1v) is 9.50. The number of ether oxygens (including phenoxy) is 1. The number of rotatable bonds is 11. The quantitative estimate of drug-likeness (QED) is 0.360. The van der Waals surface area contributed by atoms with Crippen LogP contribution in [0.4, 0.5) is 0 Å². The predicted octanol–water partition coefficient (Wildman–Crippen LogP) is 2.43. The van der Waals surface area contributed by atoms with Gasteiger partial charge in [-0.2, -0.15) is 0 Å². The fraction of sp³-hybridized carbons (Fsp3) is 0.944. The number of nitrogens with one attached hydrogen (secondary N) is 1. The van der Waals surface area contributed by atoms with Crippen molar-refractivity contribution >= 4 is 5.96 Å². The van der Waals surface area contributed by atoms with Crippen LogP contribution in [0.5, 0.6) is 0 Å². The van der Waals surface area contributed by atoms with Gasteiger partial charge in [-0.05, 0) is 52.2 Å². The van der Waals surface area contributed by atoms with Gasteiger partial charge < -0.3 is 19.9 Å². The molecule has 1 saturated heterocycles. The molecule has 1 aliphatic heterocycles. The molecule has 1 fully saturated rings. The second-order valence-electron chi connectivity index (χ2n) is 6.54. The molecule has 0 aromatic heterocycles. The molecule has 0 saturated carbocycles. The lowest BCUT2D eigenvalue weighted by Crippen LogP contribution is -2.41. The molecule has 136 valence electrons. The van der Waals surface area contributed by atoms with Crippen molar-refractivity contribution in [2.24, 2.45) is 10.9 Å². The second kappa shape index (κ2) is 12.6. The third-order valence-corrected chi connectivity index (χ3v) is 4.23. The van der Waals surface area contributed by atoms with Crippen LogP contribution in [0, 0.1) is 5.92 Å². The Balaban J connectivity index is 2.37. The maximum Gasteiger partial charge on any atom is 0.193 e. The summed E-state index contributed by atoms with van der Waals surface area (Å²) >= 11 is 0. The maximum atomic E-state index is 5.48. The van der Waals surface area contributed by atoms with E-state index in [1.807, 2.05) is 0 Å². The van der Waals surface area contributed by atoms with Crippen molar-refractivity contribution in [3.8, 4) is 0 Å². The van der Waals surface area contributed by atoms with Crippen LogP contribution in [0.25, 0.3) is 0 Å². The summed E-state index contributed by atoms with van der Waals surface area (Å²) in [5, 5.41) is 3.42. The van der Waals surface area contributed by atoms with E-state index in [9.17, 15) is 0 Å². The van der Waals surface area contributed by atoms with E-state index in [4.69, 9.17) is 9.73 Å². The van der Waals surface area contributed by atoms with Gasteiger partial charge in [-0.1, -0.05) is 13.8 Å². The molecule has 0 aromatic rings. The Hall–Kier alpha value is -0.810. The van der Waals surface area contributed by atoms with Gasteiger partial charge in [-0.15, -0.1) is 0 Å². The Morgan fingerprint density at radius 3 is 2.48 bits per heavy atom. The van der Waals surface area contributed by atoms with E-state index in [0.717, 1.165) is 51.8 Å².